The minimum Gasteiger partial charge on any atom is -0.393 e. The lowest BCUT2D eigenvalue weighted by Crippen LogP contribution is -2.48. The molecule has 100 valence electrons. The maximum absolute atomic E-state index is 11.5. The predicted octanol–water partition coefficient (Wildman–Crippen LogP) is -0.229. The third-order valence-corrected chi connectivity index (χ3v) is 5.03. The second-order valence-electron chi connectivity index (χ2n) is 5.36. The minimum absolute atomic E-state index is 0.133. The highest BCUT2D eigenvalue weighted by Crippen LogP contribution is 2.22. The van der Waals surface area contributed by atoms with Crippen LogP contribution in [0.4, 0.5) is 0 Å². The molecule has 0 spiro atoms. The fraction of sp³-hybridized carbons (Fsp3) is 1.00. The van der Waals surface area contributed by atoms with Crippen LogP contribution >= 0.6 is 0 Å². The van der Waals surface area contributed by atoms with Crippen molar-refractivity contribution >= 4 is 10.0 Å². The number of piperidine rings is 1. The summed E-state index contributed by atoms with van der Waals surface area (Å²) in [5.41, 5.74) is 0. The third kappa shape index (κ3) is 3.64. The Balaban J connectivity index is 1.74. The number of nitrogens with zero attached hydrogens (tertiary/aromatic N) is 1. The molecule has 0 aromatic rings. The van der Waals surface area contributed by atoms with Crippen LogP contribution in [-0.4, -0.2) is 55.9 Å². The number of sulfonamides is 1. The van der Waals surface area contributed by atoms with E-state index in [0.29, 0.717) is 25.0 Å². The van der Waals surface area contributed by atoms with E-state index in [9.17, 15) is 13.5 Å². The van der Waals surface area contributed by atoms with Gasteiger partial charge >= 0.3 is 0 Å². The van der Waals surface area contributed by atoms with Crippen molar-refractivity contribution in [3.05, 3.63) is 0 Å². The van der Waals surface area contributed by atoms with Gasteiger partial charge in [-0.25, -0.2) is 12.7 Å². The van der Waals surface area contributed by atoms with Crippen molar-refractivity contribution in [1.82, 2.24) is 9.62 Å². The molecule has 0 aromatic carbocycles. The topological polar surface area (TPSA) is 69.6 Å². The summed E-state index contributed by atoms with van der Waals surface area (Å²) in [4.78, 5) is 0. The van der Waals surface area contributed by atoms with Gasteiger partial charge in [0, 0.05) is 19.1 Å². The van der Waals surface area contributed by atoms with Crippen LogP contribution in [-0.2, 0) is 10.0 Å². The van der Waals surface area contributed by atoms with Gasteiger partial charge in [-0.2, -0.15) is 0 Å². The highest BCUT2D eigenvalue weighted by atomic mass is 32.2. The Morgan fingerprint density at radius 3 is 2.71 bits per heavy atom. The van der Waals surface area contributed by atoms with E-state index in [1.54, 1.807) is 4.31 Å². The van der Waals surface area contributed by atoms with E-state index in [4.69, 9.17) is 0 Å². The molecule has 1 saturated heterocycles. The van der Waals surface area contributed by atoms with E-state index >= 15 is 0 Å². The number of hydrogen-bond donors (Lipinski definition) is 2. The predicted molar refractivity (Wildman–Crippen MR) is 66.2 cm³/mol. The SMILES string of the molecule is CS(=O)(=O)N1CCCC(CNC2CC(O)C2)C1. The van der Waals surface area contributed by atoms with Crippen molar-refractivity contribution in [2.45, 2.75) is 37.8 Å². The summed E-state index contributed by atoms with van der Waals surface area (Å²) in [6, 6.07) is 0.429. The van der Waals surface area contributed by atoms with Crippen molar-refractivity contribution < 1.29 is 13.5 Å². The van der Waals surface area contributed by atoms with Crippen molar-refractivity contribution in [1.29, 1.82) is 0 Å². The Hall–Kier alpha value is -0.170. The van der Waals surface area contributed by atoms with Crippen LogP contribution in [0.25, 0.3) is 0 Å². The standard InChI is InChI=1S/C11H22N2O3S/c1-17(15,16)13-4-2-3-9(8-13)7-12-10-5-11(14)6-10/h9-12,14H,2-8H2,1H3. The van der Waals surface area contributed by atoms with Gasteiger partial charge in [0.15, 0.2) is 0 Å². The lowest BCUT2D eigenvalue weighted by atomic mass is 9.88. The molecular weight excluding hydrogens is 240 g/mol. The molecule has 5 nitrogen and oxygen atoms in total. The summed E-state index contributed by atoms with van der Waals surface area (Å²) < 4.78 is 24.5. The number of aliphatic hydroxyl groups is 1. The first kappa shape index (κ1) is 13.3. The Morgan fingerprint density at radius 1 is 1.41 bits per heavy atom. The zero-order chi connectivity index (χ0) is 12.5. The Labute approximate surface area is 103 Å². The first-order valence-electron chi connectivity index (χ1n) is 6.31. The average molecular weight is 262 g/mol. The summed E-state index contributed by atoms with van der Waals surface area (Å²) in [5.74, 6) is 0.413. The van der Waals surface area contributed by atoms with Crippen molar-refractivity contribution in [2.75, 3.05) is 25.9 Å². The minimum atomic E-state index is -3.03. The summed E-state index contributed by atoms with van der Waals surface area (Å²) in [6.07, 6.45) is 4.86. The fourth-order valence-corrected chi connectivity index (χ4v) is 3.52. The normalized spacial score (nSPS) is 35.5. The Bertz CT molecular complexity index is 352. The fourth-order valence-electron chi connectivity index (χ4n) is 2.58. The van der Waals surface area contributed by atoms with Gasteiger partial charge in [0.05, 0.1) is 12.4 Å². The Morgan fingerprint density at radius 2 is 2.12 bits per heavy atom. The van der Waals surface area contributed by atoms with Crippen LogP contribution in [0.1, 0.15) is 25.7 Å². The molecule has 1 unspecified atom stereocenters. The molecule has 1 aliphatic heterocycles. The van der Waals surface area contributed by atoms with Gasteiger partial charge in [-0.3, -0.25) is 0 Å². The van der Waals surface area contributed by atoms with Gasteiger partial charge in [0.25, 0.3) is 0 Å². The molecule has 1 saturated carbocycles. The van der Waals surface area contributed by atoms with Gasteiger partial charge in [-0.1, -0.05) is 0 Å². The van der Waals surface area contributed by atoms with Crippen LogP contribution < -0.4 is 5.32 Å². The molecule has 1 aliphatic carbocycles. The van der Waals surface area contributed by atoms with Crippen LogP contribution in [0.15, 0.2) is 0 Å². The molecule has 2 rings (SSSR count). The molecular formula is C11H22N2O3S. The molecule has 2 N–H and O–H groups in total. The molecule has 1 heterocycles. The van der Waals surface area contributed by atoms with E-state index in [2.05, 4.69) is 5.32 Å². The van der Waals surface area contributed by atoms with Crippen molar-refractivity contribution in [3.8, 4) is 0 Å². The monoisotopic (exact) mass is 262 g/mol. The number of rotatable bonds is 4. The summed E-state index contributed by atoms with van der Waals surface area (Å²) in [7, 11) is -3.03. The summed E-state index contributed by atoms with van der Waals surface area (Å²) >= 11 is 0. The molecule has 6 heteroatoms. The second-order valence-corrected chi connectivity index (χ2v) is 7.34. The van der Waals surface area contributed by atoms with Crippen molar-refractivity contribution in [3.63, 3.8) is 0 Å². The van der Waals surface area contributed by atoms with Gasteiger partial charge < -0.3 is 10.4 Å². The van der Waals surface area contributed by atoms with E-state index in [0.717, 1.165) is 32.2 Å². The molecule has 0 aromatic heterocycles. The average Bonchev–Trinajstić information content (AvgIpc) is 2.22. The Kier molecular flexibility index (Phi) is 4.07. The van der Waals surface area contributed by atoms with E-state index in [-0.39, 0.29) is 6.10 Å². The van der Waals surface area contributed by atoms with Gasteiger partial charge in [0.1, 0.15) is 0 Å². The molecule has 17 heavy (non-hydrogen) atoms. The molecule has 1 atom stereocenters. The van der Waals surface area contributed by atoms with Crippen LogP contribution in [0, 0.1) is 5.92 Å². The largest absolute Gasteiger partial charge is 0.393 e. The highest BCUT2D eigenvalue weighted by Gasteiger charge is 2.29. The van der Waals surface area contributed by atoms with Crippen molar-refractivity contribution in [2.24, 2.45) is 5.92 Å². The number of nitrogens with one attached hydrogen (secondary N) is 1. The molecule has 2 aliphatic rings. The van der Waals surface area contributed by atoms with Crippen LogP contribution in [0.2, 0.25) is 0 Å². The highest BCUT2D eigenvalue weighted by molar-refractivity contribution is 7.88. The quantitative estimate of drug-likeness (QED) is 0.734. The van der Waals surface area contributed by atoms with Gasteiger partial charge in [-0.15, -0.1) is 0 Å². The van der Waals surface area contributed by atoms with Gasteiger partial charge in [0.2, 0.25) is 10.0 Å². The third-order valence-electron chi connectivity index (χ3n) is 3.76. The first-order chi connectivity index (χ1) is 7.95. The summed E-state index contributed by atoms with van der Waals surface area (Å²) in [6.45, 7) is 2.17. The maximum atomic E-state index is 11.5. The first-order valence-corrected chi connectivity index (χ1v) is 8.16. The lowest BCUT2D eigenvalue weighted by Gasteiger charge is -2.36. The van der Waals surface area contributed by atoms with E-state index < -0.39 is 10.0 Å². The zero-order valence-electron chi connectivity index (χ0n) is 10.3. The smallest absolute Gasteiger partial charge is 0.211 e. The lowest BCUT2D eigenvalue weighted by molar-refractivity contribution is 0.0597. The van der Waals surface area contributed by atoms with Crippen LogP contribution in [0.3, 0.4) is 0 Å². The van der Waals surface area contributed by atoms with E-state index in [1.807, 2.05) is 0 Å². The zero-order valence-corrected chi connectivity index (χ0v) is 11.1. The number of hydrogen-bond acceptors (Lipinski definition) is 4. The molecule has 0 amide bonds. The maximum Gasteiger partial charge on any atom is 0.211 e. The van der Waals surface area contributed by atoms with Crippen LogP contribution in [0.5, 0.6) is 0 Å². The second kappa shape index (κ2) is 5.22. The molecule has 2 fully saturated rings. The molecule has 0 bridgehead atoms. The molecule has 0 radical (unpaired) electrons. The number of aliphatic hydroxyl groups excluding tert-OH is 1. The summed E-state index contributed by atoms with van der Waals surface area (Å²) in [5, 5.41) is 12.6. The van der Waals surface area contributed by atoms with Gasteiger partial charge in [-0.05, 0) is 38.1 Å². The van der Waals surface area contributed by atoms with E-state index in [1.165, 1.54) is 6.26 Å².